The fourth-order valence-electron chi connectivity index (χ4n) is 1.75. The number of carbonyl (C=O) groups excluding carboxylic acids is 1. The van der Waals surface area contributed by atoms with Crippen LogP contribution in [0.3, 0.4) is 0 Å². The summed E-state index contributed by atoms with van der Waals surface area (Å²) in [5.41, 5.74) is 2.75. The molecule has 0 atom stereocenters. The van der Waals surface area contributed by atoms with Gasteiger partial charge in [-0.2, -0.15) is 0 Å². The van der Waals surface area contributed by atoms with Crippen LogP contribution in [0.5, 0.6) is 0 Å². The number of para-hydroxylation sites is 1. The highest BCUT2D eigenvalue weighted by Crippen LogP contribution is 2.27. The SMILES string of the molecule is C=NOCC(=O)Nc1ccccc1-c1ccccc1. The zero-order chi connectivity index (χ0) is 13.5. The van der Waals surface area contributed by atoms with Gasteiger partial charge in [0.15, 0.2) is 6.61 Å². The van der Waals surface area contributed by atoms with Gasteiger partial charge in [-0.15, -0.1) is 5.16 Å². The monoisotopic (exact) mass is 254 g/mol. The minimum absolute atomic E-state index is 0.146. The molecule has 0 unspecified atom stereocenters. The number of nitrogens with zero attached hydrogens (tertiary/aromatic N) is 1. The molecule has 0 aliphatic carbocycles. The average molecular weight is 254 g/mol. The maximum Gasteiger partial charge on any atom is 0.265 e. The van der Waals surface area contributed by atoms with E-state index in [-0.39, 0.29) is 12.5 Å². The van der Waals surface area contributed by atoms with E-state index in [1.165, 1.54) is 0 Å². The summed E-state index contributed by atoms with van der Waals surface area (Å²) in [5, 5.41) is 5.98. The van der Waals surface area contributed by atoms with Gasteiger partial charge in [-0.05, 0) is 11.6 Å². The Labute approximate surface area is 111 Å². The van der Waals surface area contributed by atoms with Crippen molar-refractivity contribution in [2.45, 2.75) is 0 Å². The third kappa shape index (κ3) is 3.42. The Bertz CT molecular complexity index is 567. The zero-order valence-electron chi connectivity index (χ0n) is 10.4. The fraction of sp³-hybridized carbons (Fsp3) is 0.0667. The number of nitrogens with one attached hydrogen (secondary N) is 1. The molecule has 0 aliphatic rings. The highest BCUT2D eigenvalue weighted by Gasteiger charge is 2.08. The van der Waals surface area contributed by atoms with E-state index in [0.717, 1.165) is 16.8 Å². The molecule has 0 fully saturated rings. The largest absolute Gasteiger partial charge is 0.386 e. The van der Waals surface area contributed by atoms with E-state index in [0.29, 0.717) is 0 Å². The molecule has 0 aliphatic heterocycles. The Hall–Kier alpha value is -2.62. The van der Waals surface area contributed by atoms with Crippen LogP contribution >= 0.6 is 0 Å². The molecule has 2 rings (SSSR count). The molecule has 0 bridgehead atoms. The van der Waals surface area contributed by atoms with Gasteiger partial charge in [0, 0.05) is 18.0 Å². The zero-order valence-corrected chi connectivity index (χ0v) is 10.4. The number of amides is 1. The first kappa shape index (κ1) is 12.8. The first-order valence-corrected chi connectivity index (χ1v) is 5.83. The summed E-state index contributed by atoms with van der Waals surface area (Å²) in [6.07, 6.45) is 0. The van der Waals surface area contributed by atoms with Crippen molar-refractivity contribution in [2.75, 3.05) is 11.9 Å². The standard InChI is InChI=1S/C15H14N2O2/c1-16-19-11-15(18)17-14-10-6-5-9-13(14)12-7-3-2-4-8-12/h2-10H,1,11H2,(H,17,18). The topological polar surface area (TPSA) is 50.7 Å². The molecule has 1 amide bonds. The van der Waals surface area contributed by atoms with Crippen LogP contribution < -0.4 is 5.32 Å². The summed E-state index contributed by atoms with van der Waals surface area (Å²) in [5.74, 6) is -0.268. The van der Waals surface area contributed by atoms with Crippen LogP contribution in [0.2, 0.25) is 0 Å². The Morgan fingerprint density at radius 1 is 1.11 bits per heavy atom. The molecular weight excluding hydrogens is 240 g/mol. The minimum Gasteiger partial charge on any atom is -0.386 e. The van der Waals surface area contributed by atoms with Crippen molar-refractivity contribution < 1.29 is 9.63 Å². The highest BCUT2D eigenvalue weighted by atomic mass is 16.6. The van der Waals surface area contributed by atoms with Crippen LogP contribution in [0.4, 0.5) is 5.69 Å². The fourth-order valence-corrected chi connectivity index (χ4v) is 1.75. The molecule has 0 radical (unpaired) electrons. The first-order chi connectivity index (χ1) is 9.31. The third-order valence-corrected chi connectivity index (χ3v) is 2.57. The lowest BCUT2D eigenvalue weighted by molar-refractivity contribution is -0.120. The van der Waals surface area contributed by atoms with E-state index in [9.17, 15) is 4.79 Å². The smallest absolute Gasteiger partial charge is 0.265 e. The van der Waals surface area contributed by atoms with Gasteiger partial charge in [-0.1, -0.05) is 48.5 Å². The van der Waals surface area contributed by atoms with Crippen LogP contribution in [0.1, 0.15) is 0 Å². The number of hydrogen-bond acceptors (Lipinski definition) is 3. The number of rotatable bonds is 5. The Balaban J connectivity index is 2.22. The lowest BCUT2D eigenvalue weighted by Gasteiger charge is -2.10. The summed E-state index contributed by atoms with van der Waals surface area (Å²) in [6, 6.07) is 17.5. The molecular formula is C15H14N2O2. The molecule has 0 aromatic heterocycles. The molecule has 1 N–H and O–H groups in total. The second-order valence-corrected chi connectivity index (χ2v) is 3.86. The summed E-state index contributed by atoms with van der Waals surface area (Å²) in [7, 11) is 0. The quantitative estimate of drug-likeness (QED) is 0.658. The lowest BCUT2D eigenvalue weighted by atomic mass is 10.0. The molecule has 2 aromatic carbocycles. The second-order valence-electron chi connectivity index (χ2n) is 3.86. The Morgan fingerprint density at radius 3 is 2.53 bits per heavy atom. The predicted octanol–water partition coefficient (Wildman–Crippen LogP) is 2.92. The van der Waals surface area contributed by atoms with Gasteiger partial charge < -0.3 is 10.2 Å². The molecule has 4 heteroatoms. The van der Waals surface area contributed by atoms with Crippen LogP contribution in [0, 0.1) is 0 Å². The minimum atomic E-state index is -0.268. The molecule has 0 heterocycles. The highest BCUT2D eigenvalue weighted by molar-refractivity contribution is 5.96. The maximum absolute atomic E-state index is 11.6. The molecule has 0 spiro atoms. The summed E-state index contributed by atoms with van der Waals surface area (Å²) in [6.45, 7) is 3.01. The predicted molar refractivity (Wildman–Crippen MR) is 76.0 cm³/mol. The number of anilines is 1. The molecule has 4 nitrogen and oxygen atoms in total. The number of hydrogen-bond donors (Lipinski definition) is 1. The lowest BCUT2D eigenvalue weighted by Crippen LogP contribution is -2.17. The van der Waals surface area contributed by atoms with E-state index >= 15 is 0 Å². The van der Waals surface area contributed by atoms with Crippen molar-refractivity contribution in [3.8, 4) is 11.1 Å². The van der Waals surface area contributed by atoms with Crippen LogP contribution in [-0.4, -0.2) is 19.2 Å². The summed E-state index contributed by atoms with van der Waals surface area (Å²) >= 11 is 0. The van der Waals surface area contributed by atoms with Crippen molar-refractivity contribution in [3.63, 3.8) is 0 Å². The van der Waals surface area contributed by atoms with E-state index in [1.807, 2.05) is 54.6 Å². The van der Waals surface area contributed by atoms with Crippen molar-refractivity contribution in [1.29, 1.82) is 0 Å². The maximum atomic E-state index is 11.6. The van der Waals surface area contributed by atoms with E-state index in [2.05, 4.69) is 22.0 Å². The molecule has 19 heavy (non-hydrogen) atoms. The van der Waals surface area contributed by atoms with Crippen LogP contribution in [0.25, 0.3) is 11.1 Å². The van der Waals surface area contributed by atoms with Gasteiger partial charge in [-0.3, -0.25) is 4.79 Å². The summed E-state index contributed by atoms with van der Waals surface area (Å²) in [4.78, 5) is 16.2. The average Bonchev–Trinajstić information content (AvgIpc) is 2.46. The molecule has 0 saturated carbocycles. The Kier molecular flexibility index (Phi) is 4.29. The van der Waals surface area contributed by atoms with E-state index < -0.39 is 0 Å². The molecule has 96 valence electrons. The van der Waals surface area contributed by atoms with Crippen molar-refractivity contribution >= 4 is 18.3 Å². The Morgan fingerprint density at radius 2 is 1.79 bits per heavy atom. The normalized spacial score (nSPS) is 9.68. The first-order valence-electron chi connectivity index (χ1n) is 5.83. The van der Waals surface area contributed by atoms with Crippen LogP contribution in [-0.2, 0) is 9.63 Å². The number of oxime groups is 1. The third-order valence-electron chi connectivity index (χ3n) is 2.57. The number of benzene rings is 2. The van der Waals surface area contributed by atoms with Gasteiger partial charge in [0.05, 0.1) is 0 Å². The van der Waals surface area contributed by atoms with Crippen molar-refractivity contribution in [2.24, 2.45) is 5.16 Å². The van der Waals surface area contributed by atoms with Crippen molar-refractivity contribution in [1.82, 2.24) is 0 Å². The van der Waals surface area contributed by atoms with Crippen LogP contribution in [0.15, 0.2) is 59.8 Å². The molecule has 0 saturated heterocycles. The van der Waals surface area contributed by atoms with Crippen molar-refractivity contribution in [3.05, 3.63) is 54.6 Å². The van der Waals surface area contributed by atoms with Gasteiger partial charge in [0.2, 0.25) is 0 Å². The van der Waals surface area contributed by atoms with Gasteiger partial charge >= 0.3 is 0 Å². The van der Waals surface area contributed by atoms with Gasteiger partial charge in [0.25, 0.3) is 5.91 Å². The number of carbonyl (C=O) groups is 1. The van der Waals surface area contributed by atoms with E-state index in [1.54, 1.807) is 0 Å². The molecule has 2 aromatic rings. The van der Waals surface area contributed by atoms with Gasteiger partial charge in [0.1, 0.15) is 0 Å². The van der Waals surface area contributed by atoms with E-state index in [4.69, 9.17) is 0 Å². The van der Waals surface area contributed by atoms with Gasteiger partial charge in [-0.25, -0.2) is 0 Å². The summed E-state index contributed by atoms with van der Waals surface area (Å²) < 4.78 is 0. The second kappa shape index (κ2) is 6.35.